The fraction of sp³-hybridized carbons (Fsp3) is 0.533. The van der Waals surface area contributed by atoms with Crippen LogP contribution in [0.3, 0.4) is 0 Å². The van der Waals surface area contributed by atoms with E-state index in [0.717, 1.165) is 23.2 Å². The maximum atomic E-state index is 12.1. The van der Waals surface area contributed by atoms with Crippen LogP contribution in [0.5, 0.6) is 0 Å². The molecule has 1 aliphatic rings. The number of anilines is 1. The average molecular weight is 310 g/mol. The summed E-state index contributed by atoms with van der Waals surface area (Å²) in [6.45, 7) is 8.25. The lowest BCUT2D eigenvalue weighted by molar-refractivity contribution is 0.202. The molecule has 1 unspecified atom stereocenters. The maximum Gasteiger partial charge on any atom is 0.411 e. The summed E-state index contributed by atoms with van der Waals surface area (Å²) in [6, 6.07) is 5.70. The van der Waals surface area contributed by atoms with Crippen molar-refractivity contribution in [2.24, 2.45) is 0 Å². The van der Waals surface area contributed by atoms with Crippen LogP contribution < -0.4 is 9.62 Å². The lowest BCUT2D eigenvalue weighted by atomic mass is 10.0. The van der Waals surface area contributed by atoms with Crippen molar-refractivity contribution >= 4 is 23.1 Å². The van der Waals surface area contributed by atoms with Crippen LogP contribution in [0.25, 0.3) is 0 Å². The third kappa shape index (κ3) is 3.51. The minimum atomic E-state index is -1.14. The molecule has 0 saturated carbocycles. The van der Waals surface area contributed by atoms with Crippen molar-refractivity contribution in [2.45, 2.75) is 44.9 Å². The first kappa shape index (κ1) is 16.1. The third-order valence-electron chi connectivity index (χ3n) is 3.57. The molecule has 1 aromatic rings. The topological polar surface area (TPSA) is 75.6 Å². The molecule has 0 bridgehead atoms. The zero-order chi connectivity index (χ0) is 15.8. The average Bonchev–Trinajstić information content (AvgIpc) is 2.80. The molecule has 116 valence electrons. The predicted octanol–water partition coefficient (Wildman–Crippen LogP) is 2.84. The molecule has 1 amide bonds. The highest BCUT2D eigenvalue weighted by molar-refractivity contribution is 7.90. The number of benzene rings is 1. The quantitative estimate of drug-likeness (QED) is 0.842. The van der Waals surface area contributed by atoms with Crippen molar-refractivity contribution in [3.63, 3.8) is 0 Å². The molecule has 0 saturated heterocycles. The molecule has 0 radical (unpaired) electrons. The fourth-order valence-corrected chi connectivity index (χ4v) is 3.11. The van der Waals surface area contributed by atoms with Crippen LogP contribution in [0.1, 0.15) is 44.9 Å². The Hall–Kier alpha value is -1.24. The minimum Gasteiger partial charge on any atom is -0.598 e. The number of hydrogen-bond donors (Lipinski definition) is 2. The van der Waals surface area contributed by atoms with Crippen LogP contribution in [0.15, 0.2) is 18.2 Å². The van der Waals surface area contributed by atoms with Gasteiger partial charge in [-0.2, -0.15) is 0 Å². The van der Waals surface area contributed by atoms with Crippen molar-refractivity contribution in [3.05, 3.63) is 29.3 Å². The number of amides is 1. The van der Waals surface area contributed by atoms with Gasteiger partial charge in [-0.1, -0.05) is 12.1 Å². The summed E-state index contributed by atoms with van der Waals surface area (Å²) in [5, 5.41) is 9.12. The zero-order valence-electron chi connectivity index (χ0n) is 12.8. The highest BCUT2D eigenvalue weighted by Gasteiger charge is 2.29. The Morgan fingerprint density at radius 2 is 2.14 bits per heavy atom. The van der Waals surface area contributed by atoms with Gasteiger partial charge in [-0.05, 0) is 51.3 Å². The summed E-state index contributed by atoms with van der Waals surface area (Å²) < 4.78 is 14.9. The maximum absolute atomic E-state index is 12.1. The number of carbonyl (C=O) groups is 1. The van der Waals surface area contributed by atoms with E-state index in [1.54, 1.807) is 0 Å². The van der Waals surface area contributed by atoms with Gasteiger partial charge in [0.1, 0.15) is 4.75 Å². The van der Waals surface area contributed by atoms with Gasteiger partial charge in [0, 0.05) is 17.9 Å². The Bertz CT molecular complexity index is 542. The molecule has 0 spiro atoms. The third-order valence-corrected chi connectivity index (χ3v) is 5.25. The van der Waals surface area contributed by atoms with Crippen molar-refractivity contribution < 1.29 is 14.5 Å². The molecule has 2 N–H and O–H groups in total. The van der Waals surface area contributed by atoms with E-state index in [1.165, 1.54) is 4.90 Å². The summed E-state index contributed by atoms with van der Waals surface area (Å²) in [4.78, 5) is 12.5. The summed E-state index contributed by atoms with van der Waals surface area (Å²) in [5.74, 6) is 0. The molecule has 2 atom stereocenters. The molecule has 1 aromatic carbocycles. The molecule has 0 aliphatic carbocycles. The van der Waals surface area contributed by atoms with Gasteiger partial charge in [-0.15, -0.1) is 4.72 Å². The van der Waals surface area contributed by atoms with Gasteiger partial charge in [-0.25, -0.2) is 4.79 Å². The van der Waals surface area contributed by atoms with Gasteiger partial charge >= 0.3 is 6.09 Å². The fourth-order valence-electron chi connectivity index (χ4n) is 2.30. The molecule has 5 nitrogen and oxygen atoms in total. The Balaban J connectivity index is 2.14. The van der Waals surface area contributed by atoms with Crippen LogP contribution in [0.2, 0.25) is 0 Å². The molecule has 0 aromatic heterocycles. The normalized spacial score (nSPS) is 17.5. The summed E-state index contributed by atoms with van der Waals surface area (Å²) in [7, 11) is 0. The van der Waals surface area contributed by atoms with Gasteiger partial charge in [0.05, 0.1) is 11.7 Å². The summed E-state index contributed by atoms with van der Waals surface area (Å²) in [6.07, 6.45) is -0.189. The van der Waals surface area contributed by atoms with E-state index in [2.05, 4.69) is 4.72 Å². The smallest absolute Gasteiger partial charge is 0.411 e. The zero-order valence-corrected chi connectivity index (χ0v) is 13.7. The van der Waals surface area contributed by atoms with Crippen molar-refractivity contribution in [3.8, 4) is 0 Å². The number of carboxylic acid groups (broad SMARTS) is 1. The number of fused-ring (bicyclic) bond motifs is 1. The summed E-state index contributed by atoms with van der Waals surface area (Å²) >= 11 is -1.14. The molecule has 1 aliphatic heterocycles. The van der Waals surface area contributed by atoms with Gasteiger partial charge in [0.25, 0.3) is 0 Å². The number of nitrogens with one attached hydrogen (secondary N) is 1. The van der Waals surface area contributed by atoms with E-state index >= 15 is 0 Å². The first-order valence-corrected chi connectivity index (χ1v) is 8.16. The second-order valence-corrected chi connectivity index (χ2v) is 8.29. The van der Waals surface area contributed by atoms with Crippen LogP contribution in [-0.2, 0) is 17.8 Å². The molecule has 1 heterocycles. The first-order valence-electron chi connectivity index (χ1n) is 7.01. The van der Waals surface area contributed by atoms with Crippen LogP contribution in [-0.4, -0.2) is 27.0 Å². The van der Waals surface area contributed by atoms with Crippen molar-refractivity contribution in [1.29, 1.82) is 0 Å². The van der Waals surface area contributed by atoms with E-state index < -0.39 is 17.5 Å². The predicted molar refractivity (Wildman–Crippen MR) is 85.0 cm³/mol. The molecule has 2 rings (SSSR count). The van der Waals surface area contributed by atoms with E-state index in [9.17, 15) is 9.35 Å². The second-order valence-electron chi connectivity index (χ2n) is 6.29. The SMILES string of the molecule is CC(N[S@@+]([O-])C(C)(C)C)c1ccc2c(c1)CCN2C(=O)O. The first-order chi connectivity index (χ1) is 9.70. The Kier molecular flexibility index (Phi) is 4.51. The van der Waals surface area contributed by atoms with Gasteiger partial charge < -0.3 is 9.66 Å². The van der Waals surface area contributed by atoms with E-state index in [0.29, 0.717) is 6.54 Å². The second kappa shape index (κ2) is 5.87. The monoisotopic (exact) mass is 310 g/mol. The van der Waals surface area contributed by atoms with Crippen molar-refractivity contribution in [1.82, 2.24) is 4.72 Å². The molecular formula is C15H22N2O3S. The van der Waals surface area contributed by atoms with E-state index in [1.807, 2.05) is 45.9 Å². The molecule has 6 heteroatoms. The summed E-state index contributed by atoms with van der Waals surface area (Å²) in [5.41, 5.74) is 2.82. The van der Waals surface area contributed by atoms with Gasteiger partial charge in [-0.3, -0.25) is 4.90 Å². The highest BCUT2D eigenvalue weighted by Crippen LogP contribution is 2.31. The lowest BCUT2D eigenvalue weighted by Crippen LogP contribution is -2.40. The van der Waals surface area contributed by atoms with Crippen LogP contribution in [0.4, 0.5) is 10.5 Å². The number of nitrogens with zero attached hydrogens (tertiary/aromatic N) is 1. The van der Waals surface area contributed by atoms with E-state index in [4.69, 9.17) is 5.11 Å². The van der Waals surface area contributed by atoms with Gasteiger partial charge in [0.2, 0.25) is 0 Å². The minimum absolute atomic E-state index is 0.0470. The molecular weight excluding hydrogens is 288 g/mol. The Morgan fingerprint density at radius 3 is 2.71 bits per heavy atom. The van der Waals surface area contributed by atoms with E-state index in [-0.39, 0.29) is 10.8 Å². The molecule has 21 heavy (non-hydrogen) atoms. The Labute approximate surface area is 128 Å². The lowest BCUT2D eigenvalue weighted by Gasteiger charge is -2.26. The molecule has 0 fully saturated rings. The number of hydrogen-bond acceptors (Lipinski definition) is 3. The van der Waals surface area contributed by atoms with Gasteiger partial charge in [0.15, 0.2) is 0 Å². The Morgan fingerprint density at radius 1 is 1.48 bits per heavy atom. The van der Waals surface area contributed by atoms with Crippen molar-refractivity contribution in [2.75, 3.05) is 11.4 Å². The largest absolute Gasteiger partial charge is 0.598 e. The van der Waals surface area contributed by atoms with Crippen LogP contribution >= 0.6 is 0 Å². The van der Waals surface area contributed by atoms with Crippen LogP contribution in [0, 0.1) is 0 Å². The number of rotatable bonds is 3. The highest BCUT2D eigenvalue weighted by atomic mass is 32.2. The standard InChI is InChI=1S/C15H22N2O3S/c1-10(16-21(20)15(2,3)4)11-5-6-13-12(9-11)7-8-17(13)14(18)19/h5-6,9-10,16H,7-8H2,1-4H3,(H,18,19)/t10?,21-/m0/s1.